The molecular weight excluding hydrogens is 392 g/mol. The number of benzene rings is 1. The highest BCUT2D eigenvalue weighted by molar-refractivity contribution is 9.10. The normalized spacial score (nSPS) is 10.1. The summed E-state index contributed by atoms with van der Waals surface area (Å²) in [6.07, 6.45) is 0. The molecule has 0 aliphatic carbocycles. The largest absolute Gasteiger partial charge is 0.490 e. The fourth-order valence-corrected chi connectivity index (χ4v) is 2.62. The van der Waals surface area contributed by atoms with Crippen LogP contribution in [-0.4, -0.2) is 29.1 Å². The van der Waals surface area contributed by atoms with Crippen molar-refractivity contribution >= 4 is 33.6 Å². The van der Waals surface area contributed by atoms with Crippen LogP contribution in [0.5, 0.6) is 11.5 Å². The summed E-state index contributed by atoms with van der Waals surface area (Å²) >= 11 is 3.35. The molecule has 1 heterocycles. The molecule has 9 nitrogen and oxygen atoms in total. The first-order valence-corrected chi connectivity index (χ1v) is 7.87. The molecular formula is C15H15BrN6O3. The summed E-state index contributed by atoms with van der Waals surface area (Å²) in [5.41, 5.74) is 17.3. The van der Waals surface area contributed by atoms with Gasteiger partial charge in [-0.1, -0.05) is 0 Å². The molecule has 0 saturated heterocycles. The fraction of sp³-hybridized carbons (Fsp3) is 0.200. The number of primary amides is 1. The van der Waals surface area contributed by atoms with Crippen molar-refractivity contribution in [2.45, 2.75) is 6.92 Å². The zero-order valence-electron chi connectivity index (χ0n) is 13.2. The van der Waals surface area contributed by atoms with Gasteiger partial charge in [0.1, 0.15) is 17.5 Å². The van der Waals surface area contributed by atoms with E-state index >= 15 is 0 Å². The van der Waals surface area contributed by atoms with Gasteiger partial charge >= 0.3 is 0 Å². The fourth-order valence-electron chi connectivity index (χ4n) is 2.07. The van der Waals surface area contributed by atoms with Gasteiger partial charge in [-0.05, 0) is 35.0 Å². The number of ether oxygens (including phenoxy) is 2. The first kappa shape index (κ1) is 18.3. The van der Waals surface area contributed by atoms with Gasteiger partial charge < -0.3 is 26.7 Å². The molecule has 0 aliphatic heterocycles. The van der Waals surface area contributed by atoms with Gasteiger partial charge in [-0.3, -0.25) is 4.79 Å². The molecule has 0 saturated carbocycles. The van der Waals surface area contributed by atoms with Crippen molar-refractivity contribution in [2.75, 3.05) is 24.7 Å². The number of aromatic nitrogens is 2. The van der Waals surface area contributed by atoms with Crippen LogP contribution >= 0.6 is 15.9 Å². The van der Waals surface area contributed by atoms with Gasteiger partial charge in [-0.15, -0.1) is 0 Å². The minimum Gasteiger partial charge on any atom is -0.490 e. The Hall–Kier alpha value is -3.06. The van der Waals surface area contributed by atoms with E-state index in [0.29, 0.717) is 28.1 Å². The van der Waals surface area contributed by atoms with Crippen molar-refractivity contribution in [2.24, 2.45) is 5.73 Å². The topological polar surface area (TPSA) is 163 Å². The number of nitrogens with zero attached hydrogens (tertiary/aromatic N) is 3. The summed E-state index contributed by atoms with van der Waals surface area (Å²) < 4.78 is 11.4. The maximum Gasteiger partial charge on any atom is 0.255 e. The van der Waals surface area contributed by atoms with Gasteiger partial charge in [0.05, 0.1) is 16.8 Å². The predicted molar refractivity (Wildman–Crippen MR) is 94.6 cm³/mol. The van der Waals surface area contributed by atoms with E-state index in [0.717, 1.165) is 0 Å². The molecule has 2 rings (SSSR count). The van der Waals surface area contributed by atoms with Crippen molar-refractivity contribution in [1.29, 1.82) is 5.26 Å². The molecule has 0 fully saturated rings. The van der Waals surface area contributed by atoms with Crippen LogP contribution in [0.25, 0.3) is 11.3 Å². The highest BCUT2D eigenvalue weighted by Crippen LogP contribution is 2.40. The van der Waals surface area contributed by atoms with Crippen LogP contribution in [0.1, 0.15) is 12.5 Å². The zero-order valence-corrected chi connectivity index (χ0v) is 14.8. The standard InChI is InChI=1S/C15H15BrN6O3/c1-2-24-10-4-7(3-9(16)13(10)25-6-11(18)23)12-8(5-17)14(19)22-15(20)21-12/h3-4H,2,6H2,1H3,(H2,18,23)(H4,19,20,21,22). The first-order valence-electron chi connectivity index (χ1n) is 7.08. The lowest BCUT2D eigenvalue weighted by molar-refractivity contribution is -0.119. The van der Waals surface area contributed by atoms with Crippen molar-refractivity contribution in [3.05, 3.63) is 22.2 Å². The molecule has 0 atom stereocenters. The second kappa shape index (κ2) is 7.67. The Morgan fingerprint density at radius 1 is 1.32 bits per heavy atom. The van der Waals surface area contributed by atoms with E-state index in [9.17, 15) is 10.1 Å². The number of amides is 1. The van der Waals surface area contributed by atoms with Crippen LogP contribution in [0, 0.1) is 11.3 Å². The molecule has 25 heavy (non-hydrogen) atoms. The number of carbonyl (C=O) groups is 1. The van der Waals surface area contributed by atoms with E-state index in [1.54, 1.807) is 19.1 Å². The third-order valence-electron chi connectivity index (χ3n) is 3.01. The highest BCUT2D eigenvalue weighted by Gasteiger charge is 2.19. The first-order chi connectivity index (χ1) is 11.9. The Kier molecular flexibility index (Phi) is 5.61. The molecule has 1 aromatic carbocycles. The van der Waals surface area contributed by atoms with Crippen LogP contribution in [0.3, 0.4) is 0 Å². The Balaban J connectivity index is 2.61. The molecule has 10 heteroatoms. The number of rotatable bonds is 6. The minimum absolute atomic E-state index is 0.0202. The van der Waals surface area contributed by atoms with Gasteiger partial charge in [0.15, 0.2) is 18.1 Å². The average molecular weight is 407 g/mol. The molecule has 130 valence electrons. The summed E-state index contributed by atoms with van der Waals surface area (Å²) in [6, 6.07) is 5.20. The van der Waals surface area contributed by atoms with Crippen molar-refractivity contribution < 1.29 is 14.3 Å². The zero-order chi connectivity index (χ0) is 18.6. The van der Waals surface area contributed by atoms with Gasteiger partial charge in [0, 0.05) is 5.56 Å². The predicted octanol–water partition coefficient (Wildman–Crippen LogP) is 1.20. The van der Waals surface area contributed by atoms with Crippen LogP contribution in [0.4, 0.5) is 11.8 Å². The lowest BCUT2D eigenvalue weighted by Crippen LogP contribution is -2.20. The quantitative estimate of drug-likeness (QED) is 0.643. The van der Waals surface area contributed by atoms with E-state index in [4.69, 9.17) is 26.7 Å². The molecule has 1 amide bonds. The van der Waals surface area contributed by atoms with E-state index < -0.39 is 5.91 Å². The SMILES string of the molecule is CCOc1cc(-c2nc(N)nc(N)c2C#N)cc(Br)c1OCC(N)=O. The Bertz CT molecular complexity index is 865. The van der Waals surface area contributed by atoms with E-state index in [1.807, 2.05) is 6.07 Å². The van der Waals surface area contributed by atoms with Gasteiger partial charge in [-0.25, -0.2) is 4.98 Å². The molecule has 2 aromatic rings. The maximum atomic E-state index is 11.0. The second-order valence-electron chi connectivity index (χ2n) is 4.78. The Morgan fingerprint density at radius 2 is 2.04 bits per heavy atom. The van der Waals surface area contributed by atoms with Crippen LogP contribution in [0.2, 0.25) is 0 Å². The summed E-state index contributed by atoms with van der Waals surface area (Å²) in [7, 11) is 0. The lowest BCUT2D eigenvalue weighted by atomic mass is 10.1. The number of anilines is 2. The summed E-state index contributed by atoms with van der Waals surface area (Å²) in [5, 5.41) is 9.32. The summed E-state index contributed by atoms with van der Waals surface area (Å²) in [6.45, 7) is 1.83. The number of halogens is 1. The smallest absolute Gasteiger partial charge is 0.255 e. The lowest BCUT2D eigenvalue weighted by Gasteiger charge is -2.15. The third kappa shape index (κ3) is 4.07. The number of nitrogen functional groups attached to an aromatic ring is 2. The van der Waals surface area contributed by atoms with Crippen LogP contribution < -0.4 is 26.7 Å². The van der Waals surface area contributed by atoms with E-state index in [2.05, 4.69) is 25.9 Å². The third-order valence-corrected chi connectivity index (χ3v) is 3.60. The Morgan fingerprint density at radius 3 is 2.64 bits per heavy atom. The van der Waals surface area contributed by atoms with E-state index in [-0.39, 0.29) is 29.6 Å². The Labute approximate surface area is 151 Å². The number of nitrogens with two attached hydrogens (primary N) is 3. The summed E-state index contributed by atoms with van der Waals surface area (Å²) in [4.78, 5) is 18.8. The molecule has 0 spiro atoms. The van der Waals surface area contributed by atoms with Crippen molar-refractivity contribution in [1.82, 2.24) is 9.97 Å². The number of nitriles is 1. The van der Waals surface area contributed by atoms with Gasteiger partial charge in [0.2, 0.25) is 5.95 Å². The van der Waals surface area contributed by atoms with Crippen molar-refractivity contribution in [3.63, 3.8) is 0 Å². The van der Waals surface area contributed by atoms with Crippen LogP contribution in [0.15, 0.2) is 16.6 Å². The number of carbonyl (C=O) groups excluding carboxylic acids is 1. The van der Waals surface area contributed by atoms with Gasteiger partial charge in [0.25, 0.3) is 5.91 Å². The molecule has 1 aromatic heterocycles. The molecule has 0 bridgehead atoms. The minimum atomic E-state index is -0.624. The molecule has 6 N–H and O–H groups in total. The van der Waals surface area contributed by atoms with E-state index in [1.165, 1.54) is 0 Å². The molecule has 0 aliphatic rings. The monoisotopic (exact) mass is 406 g/mol. The number of hydrogen-bond donors (Lipinski definition) is 3. The van der Waals surface area contributed by atoms with Gasteiger partial charge in [-0.2, -0.15) is 10.2 Å². The number of hydrogen-bond acceptors (Lipinski definition) is 8. The van der Waals surface area contributed by atoms with Crippen LogP contribution in [-0.2, 0) is 4.79 Å². The second-order valence-corrected chi connectivity index (χ2v) is 5.63. The maximum absolute atomic E-state index is 11.0. The summed E-state index contributed by atoms with van der Waals surface area (Å²) in [5.74, 6) is -0.0602. The highest BCUT2D eigenvalue weighted by atomic mass is 79.9. The average Bonchev–Trinajstić information content (AvgIpc) is 2.53. The van der Waals surface area contributed by atoms with Crippen molar-refractivity contribution in [3.8, 4) is 28.8 Å². The molecule has 0 unspecified atom stereocenters. The molecule has 0 radical (unpaired) electrons.